The number of nitrogens with zero attached hydrogens (tertiary/aromatic N) is 2. The highest BCUT2D eigenvalue weighted by Crippen LogP contribution is 2.46. The Hall–Kier alpha value is -0.350. The molecule has 1 aromatic heterocycles. The van der Waals surface area contributed by atoms with Crippen molar-refractivity contribution >= 4 is 15.9 Å². The first-order valence-corrected chi connectivity index (χ1v) is 7.63. The van der Waals surface area contributed by atoms with Crippen LogP contribution in [0.1, 0.15) is 58.7 Å². The molecule has 4 heteroatoms. The van der Waals surface area contributed by atoms with Gasteiger partial charge in [-0.3, -0.25) is 4.68 Å². The minimum Gasteiger partial charge on any atom is -0.383 e. The second kappa shape index (κ2) is 4.97. The number of hydrogen-bond acceptors (Lipinski definition) is 2. The van der Waals surface area contributed by atoms with E-state index in [0.29, 0.717) is 5.92 Å². The maximum absolute atomic E-state index is 11.2. The third kappa shape index (κ3) is 2.14. The topological polar surface area (TPSA) is 38.1 Å². The van der Waals surface area contributed by atoms with Crippen LogP contribution >= 0.6 is 15.9 Å². The molecule has 0 amide bonds. The van der Waals surface area contributed by atoms with Gasteiger partial charge in [0.05, 0.1) is 16.4 Å². The molecule has 0 saturated heterocycles. The molecule has 2 rings (SSSR count). The van der Waals surface area contributed by atoms with E-state index in [0.717, 1.165) is 23.0 Å². The zero-order valence-electron chi connectivity index (χ0n) is 11.7. The molecule has 3 atom stereocenters. The fourth-order valence-corrected chi connectivity index (χ4v) is 3.73. The van der Waals surface area contributed by atoms with Crippen molar-refractivity contribution in [2.45, 2.75) is 58.6 Å². The summed E-state index contributed by atoms with van der Waals surface area (Å²) in [6.07, 6.45) is 4.92. The largest absolute Gasteiger partial charge is 0.383 e. The van der Waals surface area contributed by atoms with E-state index in [4.69, 9.17) is 0 Å². The van der Waals surface area contributed by atoms with Crippen molar-refractivity contribution in [3.8, 4) is 0 Å². The lowest BCUT2D eigenvalue weighted by Gasteiger charge is -2.42. The van der Waals surface area contributed by atoms with E-state index in [2.05, 4.69) is 48.7 Å². The molecule has 1 fully saturated rings. The van der Waals surface area contributed by atoms with Crippen LogP contribution in [0, 0.1) is 11.8 Å². The first-order valence-electron chi connectivity index (χ1n) is 6.83. The highest BCUT2D eigenvalue weighted by atomic mass is 79.9. The average molecular weight is 315 g/mol. The van der Waals surface area contributed by atoms with Gasteiger partial charge in [-0.05, 0) is 54.5 Å². The van der Waals surface area contributed by atoms with Crippen LogP contribution in [0.4, 0.5) is 0 Å². The molecule has 3 unspecified atom stereocenters. The fourth-order valence-electron chi connectivity index (χ4n) is 3.11. The molecule has 0 bridgehead atoms. The summed E-state index contributed by atoms with van der Waals surface area (Å²) in [5, 5.41) is 15.6. The van der Waals surface area contributed by atoms with Gasteiger partial charge in [-0.25, -0.2) is 0 Å². The van der Waals surface area contributed by atoms with Crippen molar-refractivity contribution in [3.05, 3.63) is 16.4 Å². The molecule has 0 radical (unpaired) electrons. The van der Waals surface area contributed by atoms with Crippen LogP contribution in [0.3, 0.4) is 0 Å². The Morgan fingerprint density at radius 1 is 1.50 bits per heavy atom. The molecule has 1 heterocycles. The predicted molar refractivity (Wildman–Crippen MR) is 76.4 cm³/mol. The number of aliphatic hydroxyl groups is 1. The van der Waals surface area contributed by atoms with Gasteiger partial charge >= 0.3 is 0 Å². The Kier molecular flexibility index (Phi) is 3.88. The van der Waals surface area contributed by atoms with Crippen molar-refractivity contribution in [3.63, 3.8) is 0 Å². The van der Waals surface area contributed by atoms with Crippen LogP contribution in [-0.2, 0) is 5.60 Å². The predicted octanol–water partition coefficient (Wildman–Crippen LogP) is 3.87. The SMILES string of the molecule is CC1CCCC(O)(c2c(Br)cnn2C(C)C)C1C. The standard InChI is InChI=1S/C14H23BrN2O/c1-9(2)17-13(12(15)8-16-17)14(18)7-5-6-10(3)11(14)4/h8-11,18H,5-7H2,1-4H3. The second-order valence-corrected chi connectivity index (χ2v) is 6.82. The van der Waals surface area contributed by atoms with Gasteiger partial charge in [-0.15, -0.1) is 0 Å². The normalized spacial score (nSPS) is 33.1. The van der Waals surface area contributed by atoms with Crippen molar-refractivity contribution in [2.24, 2.45) is 11.8 Å². The molecule has 1 aliphatic carbocycles. The summed E-state index contributed by atoms with van der Waals surface area (Å²) in [6.45, 7) is 8.60. The van der Waals surface area contributed by atoms with Crippen LogP contribution in [0.15, 0.2) is 10.7 Å². The van der Waals surface area contributed by atoms with E-state index in [-0.39, 0.29) is 12.0 Å². The Morgan fingerprint density at radius 2 is 2.17 bits per heavy atom. The Labute approximate surface area is 118 Å². The maximum atomic E-state index is 11.2. The number of rotatable bonds is 2. The summed E-state index contributed by atoms with van der Waals surface area (Å²) < 4.78 is 2.89. The zero-order valence-corrected chi connectivity index (χ0v) is 13.2. The third-order valence-corrected chi connectivity index (χ3v) is 5.05. The number of hydrogen-bond donors (Lipinski definition) is 1. The molecule has 0 aromatic carbocycles. The lowest BCUT2D eigenvalue weighted by molar-refractivity contribution is -0.0764. The minimum atomic E-state index is -0.753. The highest BCUT2D eigenvalue weighted by molar-refractivity contribution is 9.10. The Balaban J connectivity index is 2.49. The number of halogens is 1. The lowest BCUT2D eigenvalue weighted by Crippen LogP contribution is -2.42. The lowest BCUT2D eigenvalue weighted by atomic mass is 9.69. The summed E-state index contributed by atoms with van der Waals surface area (Å²) in [5.74, 6) is 0.808. The van der Waals surface area contributed by atoms with E-state index in [1.807, 2.05) is 4.68 Å². The minimum absolute atomic E-state index is 0.261. The quantitative estimate of drug-likeness (QED) is 0.899. The first-order chi connectivity index (χ1) is 8.38. The smallest absolute Gasteiger partial charge is 0.110 e. The van der Waals surface area contributed by atoms with Crippen LogP contribution < -0.4 is 0 Å². The maximum Gasteiger partial charge on any atom is 0.110 e. The Bertz CT molecular complexity index is 429. The molecular formula is C14H23BrN2O. The first kappa shape index (κ1) is 14.1. The molecule has 1 saturated carbocycles. The number of aromatic nitrogens is 2. The van der Waals surface area contributed by atoms with Gasteiger partial charge in [0.15, 0.2) is 0 Å². The Morgan fingerprint density at radius 3 is 2.78 bits per heavy atom. The van der Waals surface area contributed by atoms with Gasteiger partial charge < -0.3 is 5.11 Å². The molecule has 1 aliphatic rings. The third-order valence-electron chi connectivity index (χ3n) is 4.47. The van der Waals surface area contributed by atoms with E-state index in [9.17, 15) is 5.11 Å². The van der Waals surface area contributed by atoms with Crippen LogP contribution in [0.5, 0.6) is 0 Å². The summed E-state index contributed by atoms with van der Waals surface area (Å²) >= 11 is 3.56. The van der Waals surface area contributed by atoms with Crippen LogP contribution in [-0.4, -0.2) is 14.9 Å². The molecule has 18 heavy (non-hydrogen) atoms. The molecule has 1 aromatic rings. The van der Waals surface area contributed by atoms with Crippen LogP contribution in [0.25, 0.3) is 0 Å². The summed E-state index contributed by atoms with van der Waals surface area (Å²) in [5.41, 5.74) is 0.202. The molecule has 0 aliphatic heterocycles. The van der Waals surface area contributed by atoms with Gasteiger partial charge in [0.25, 0.3) is 0 Å². The van der Waals surface area contributed by atoms with Gasteiger partial charge in [0, 0.05) is 6.04 Å². The molecule has 3 nitrogen and oxygen atoms in total. The molecule has 1 N–H and O–H groups in total. The monoisotopic (exact) mass is 314 g/mol. The summed E-state index contributed by atoms with van der Waals surface area (Å²) in [7, 11) is 0. The molecular weight excluding hydrogens is 292 g/mol. The van der Waals surface area contributed by atoms with Crippen LogP contribution in [0.2, 0.25) is 0 Å². The molecule has 102 valence electrons. The van der Waals surface area contributed by atoms with Gasteiger partial charge in [0.2, 0.25) is 0 Å². The van der Waals surface area contributed by atoms with Gasteiger partial charge in [-0.1, -0.05) is 20.3 Å². The summed E-state index contributed by atoms with van der Waals surface area (Å²) in [4.78, 5) is 0. The van der Waals surface area contributed by atoms with Gasteiger partial charge in [0.1, 0.15) is 5.60 Å². The second-order valence-electron chi connectivity index (χ2n) is 5.96. The fraction of sp³-hybridized carbons (Fsp3) is 0.786. The van der Waals surface area contributed by atoms with E-state index in [1.54, 1.807) is 6.20 Å². The van der Waals surface area contributed by atoms with E-state index >= 15 is 0 Å². The van der Waals surface area contributed by atoms with Crippen molar-refractivity contribution in [1.29, 1.82) is 0 Å². The average Bonchev–Trinajstić information content (AvgIpc) is 2.69. The van der Waals surface area contributed by atoms with E-state index in [1.165, 1.54) is 6.42 Å². The summed E-state index contributed by atoms with van der Waals surface area (Å²) in [6, 6.07) is 0.264. The molecule has 0 spiro atoms. The zero-order chi connectivity index (χ0) is 13.5. The van der Waals surface area contributed by atoms with Crippen molar-refractivity contribution in [1.82, 2.24) is 9.78 Å². The highest BCUT2D eigenvalue weighted by Gasteiger charge is 2.44. The van der Waals surface area contributed by atoms with Crippen molar-refractivity contribution in [2.75, 3.05) is 0 Å². The van der Waals surface area contributed by atoms with Gasteiger partial charge in [-0.2, -0.15) is 5.10 Å². The van der Waals surface area contributed by atoms with Crippen molar-refractivity contribution < 1.29 is 5.11 Å². The van der Waals surface area contributed by atoms with E-state index < -0.39 is 5.60 Å².